The lowest BCUT2D eigenvalue weighted by molar-refractivity contribution is 0.0686. The van der Waals surface area contributed by atoms with E-state index in [1.54, 1.807) is 11.8 Å². The van der Waals surface area contributed by atoms with Crippen molar-refractivity contribution in [3.05, 3.63) is 46.4 Å². The van der Waals surface area contributed by atoms with Gasteiger partial charge in [-0.15, -0.1) is 0 Å². The van der Waals surface area contributed by atoms with Gasteiger partial charge in [0.15, 0.2) is 17.3 Å². The van der Waals surface area contributed by atoms with Crippen LogP contribution in [0.1, 0.15) is 58.6 Å². The first-order valence-corrected chi connectivity index (χ1v) is 9.55. The molecule has 0 atom stereocenters. The Kier molecular flexibility index (Phi) is 5.92. The third-order valence-corrected chi connectivity index (χ3v) is 4.74. The summed E-state index contributed by atoms with van der Waals surface area (Å²) in [5.41, 5.74) is 2.16. The van der Waals surface area contributed by atoms with E-state index < -0.39 is 5.97 Å². The number of aryl methyl sites for hydroxylation is 1. The average molecular weight is 387 g/mol. The van der Waals surface area contributed by atoms with Crippen molar-refractivity contribution in [2.24, 2.45) is 0 Å². The Labute approximate surface area is 163 Å². The Hall–Kier alpha value is -2.96. The molecule has 1 amide bonds. The van der Waals surface area contributed by atoms with E-state index in [-0.39, 0.29) is 17.2 Å². The predicted octanol–water partition coefficient (Wildman–Crippen LogP) is 3.54. The minimum absolute atomic E-state index is 0.0447. The number of nitrogens with zero attached hydrogens (tertiary/aromatic N) is 1. The van der Waals surface area contributed by atoms with Crippen LogP contribution in [0.5, 0.6) is 11.5 Å². The van der Waals surface area contributed by atoms with E-state index in [4.69, 9.17) is 13.9 Å². The van der Waals surface area contributed by atoms with Gasteiger partial charge in [-0.3, -0.25) is 4.79 Å². The summed E-state index contributed by atoms with van der Waals surface area (Å²) >= 11 is 0. The Balaban J connectivity index is 1.85. The van der Waals surface area contributed by atoms with Crippen LogP contribution in [-0.2, 0) is 19.4 Å². The third-order valence-electron chi connectivity index (χ3n) is 4.74. The second kappa shape index (κ2) is 8.37. The van der Waals surface area contributed by atoms with E-state index in [1.165, 1.54) is 6.07 Å². The van der Waals surface area contributed by atoms with Gasteiger partial charge in [0.2, 0.25) is 0 Å². The molecule has 0 aliphatic carbocycles. The SMILES string of the molecule is CCOc1cc2c(cc1OCC)CN(C(=O)c1cc(C(=O)O)c(CC)o1)CC2. The van der Waals surface area contributed by atoms with Crippen molar-refractivity contribution in [3.8, 4) is 11.5 Å². The van der Waals surface area contributed by atoms with Gasteiger partial charge in [0, 0.05) is 25.6 Å². The van der Waals surface area contributed by atoms with Crippen LogP contribution in [0.15, 0.2) is 22.6 Å². The smallest absolute Gasteiger partial charge is 0.339 e. The molecule has 0 bridgehead atoms. The van der Waals surface area contributed by atoms with E-state index in [9.17, 15) is 14.7 Å². The fourth-order valence-electron chi connectivity index (χ4n) is 3.41. The largest absolute Gasteiger partial charge is 0.490 e. The minimum atomic E-state index is -1.09. The Morgan fingerprint density at radius 2 is 1.71 bits per heavy atom. The van der Waals surface area contributed by atoms with Crippen molar-refractivity contribution in [1.29, 1.82) is 0 Å². The molecular weight excluding hydrogens is 362 g/mol. The van der Waals surface area contributed by atoms with E-state index in [1.807, 2.05) is 26.0 Å². The molecule has 0 saturated heterocycles. The van der Waals surface area contributed by atoms with Crippen LogP contribution in [0.2, 0.25) is 0 Å². The lowest BCUT2D eigenvalue weighted by Gasteiger charge is -2.29. The normalized spacial score (nSPS) is 13.2. The molecule has 0 saturated carbocycles. The summed E-state index contributed by atoms with van der Waals surface area (Å²) in [6.07, 6.45) is 1.09. The summed E-state index contributed by atoms with van der Waals surface area (Å²) < 4.78 is 16.9. The summed E-state index contributed by atoms with van der Waals surface area (Å²) in [4.78, 5) is 25.9. The molecule has 0 radical (unpaired) electrons. The number of ether oxygens (including phenoxy) is 2. The zero-order chi connectivity index (χ0) is 20.3. The standard InChI is InChI=1S/C21H25NO6/c1-4-16-15(21(24)25)11-19(28-16)20(23)22-8-7-13-9-17(26-5-2)18(27-6-3)10-14(13)12-22/h9-11H,4-8,12H2,1-3H3,(H,24,25). The highest BCUT2D eigenvalue weighted by atomic mass is 16.5. The number of carbonyl (C=O) groups excluding carboxylic acids is 1. The molecule has 7 nitrogen and oxygen atoms in total. The maximum atomic E-state index is 12.9. The van der Waals surface area contributed by atoms with E-state index in [0.717, 1.165) is 11.1 Å². The maximum absolute atomic E-state index is 12.9. The van der Waals surface area contributed by atoms with Crippen LogP contribution in [0.3, 0.4) is 0 Å². The van der Waals surface area contributed by atoms with Gasteiger partial charge in [-0.1, -0.05) is 6.92 Å². The zero-order valence-electron chi connectivity index (χ0n) is 16.4. The fourth-order valence-corrected chi connectivity index (χ4v) is 3.41. The molecule has 0 spiro atoms. The van der Waals surface area contributed by atoms with Gasteiger partial charge in [-0.2, -0.15) is 0 Å². The quantitative estimate of drug-likeness (QED) is 0.782. The van der Waals surface area contributed by atoms with Crippen LogP contribution in [0.4, 0.5) is 0 Å². The topological polar surface area (TPSA) is 89.2 Å². The molecule has 1 aliphatic heterocycles. The van der Waals surface area contributed by atoms with Crippen molar-refractivity contribution >= 4 is 11.9 Å². The van der Waals surface area contributed by atoms with Crippen LogP contribution >= 0.6 is 0 Å². The highest BCUT2D eigenvalue weighted by Gasteiger charge is 2.27. The first-order valence-electron chi connectivity index (χ1n) is 9.55. The highest BCUT2D eigenvalue weighted by molar-refractivity contribution is 5.96. The summed E-state index contributed by atoms with van der Waals surface area (Å²) in [7, 11) is 0. The summed E-state index contributed by atoms with van der Waals surface area (Å²) in [6, 6.07) is 5.23. The number of carboxylic acid groups (broad SMARTS) is 1. The van der Waals surface area contributed by atoms with Crippen molar-refractivity contribution in [1.82, 2.24) is 4.90 Å². The van der Waals surface area contributed by atoms with E-state index in [2.05, 4.69) is 0 Å². The van der Waals surface area contributed by atoms with Crippen molar-refractivity contribution in [3.63, 3.8) is 0 Å². The Morgan fingerprint density at radius 3 is 2.25 bits per heavy atom. The number of fused-ring (bicyclic) bond motifs is 1. The summed E-state index contributed by atoms with van der Waals surface area (Å²) in [6.45, 7) is 7.63. The second-order valence-corrected chi connectivity index (χ2v) is 6.52. The van der Waals surface area contributed by atoms with Crippen molar-refractivity contribution < 1.29 is 28.6 Å². The number of hydrogen-bond donors (Lipinski definition) is 1. The molecule has 0 unspecified atom stereocenters. The molecule has 2 heterocycles. The van der Waals surface area contributed by atoms with Crippen molar-refractivity contribution in [2.45, 2.75) is 40.2 Å². The first kappa shape index (κ1) is 19.8. The number of rotatable bonds is 7. The second-order valence-electron chi connectivity index (χ2n) is 6.52. The molecule has 28 heavy (non-hydrogen) atoms. The summed E-state index contributed by atoms with van der Waals surface area (Å²) in [5, 5.41) is 9.27. The lowest BCUT2D eigenvalue weighted by atomic mass is 9.98. The average Bonchev–Trinajstić information content (AvgIpc) is 3.12. The molecule has 1 aliphatic rings. The number of carboxylic acids is 1. The van der Waals surface area contributed by atoms with Gasteiger partial charge in [-0.05, 0) is 43.5 Å². The highest BCUT2D eigenvalue weighted by Crippen LogP contribution is 2.34. The van der Waals surface area contributed by atoms with E-state index >= 15 is 0 Å². The van der Waals surface area contributed by atoms with Gasteiger partial charge in [0.1, 0.15) is 11.3 Å². The minimum Gasteiger partial charge on any atom is -0.490 e. The number of benzene rings is 1. The van der Waals surface area contributed by atoms with Gasteiger partial charge < -0.3 is 23.9 Å². The molecular formula is C21H25NO6. The molecule has 2 aromatic rings. The van der Waals surface area contributed by atoms with Crippen LogP contribution in [-0.4, -0.2) is 41.6 Å². The van der Waals surface area contributed by atoms with Crippen LogP contribution < -0.4 is 9.47 Å². The van der Waals surface area contributed by atoms with Gasteiger partial charge in [0.05, 0.1) is 13.2 Å². The number of aromatic carboxylic acids is 1. The lowest BCUT2D eigenvalue weighted by Crippen LogP contribution is -2.35. The van der Waals surface area contributed by atoms with Gasteiger partial charge >= 0.3 is 5.97 Å². The Morgan fingerprint density at radius 1 is 1.07 bits per heavy atom. The van der Waals surface area contributed by atoms with E-state index in [0.29, 0.717) is 56.4 Å². The van der Waals surface area contributed by atoms with Gasteiger partial charge in [-0.25, -0.2) is 4.79 Å². The number of hydrogen-bond acceptors (Lipinski definition) is 5. The third kappa shape index (κ3) is 3.83. The Bertz CT molecular complexity index is 885. The first-order chi connectivity index (χ1) is 13.5. The molecule has 1 aromatic heterocycles. The number of carbonyl (C=O) groups is 2. The predicted molar refractivity (Wildman–Crippen MR) is 102 cm³/mol. The fraction of sp³-hybridized carbons (Fsp3) is 0.429. The van der Waals surface area contributed by atoms with Gasteiger partial charge in [0.25, 0.3) is 5.91 Å². The molecule has 1 aromatic carbocycles. The maximum Gasteiger partial charge on any atom is 0.339 e. The van der Waals surface area contributed by atoms with Crippen LogP contribution in [0.25, 0.3) is 0 Å². The molecule has 1 N–H and O–H groups in total. The molecule has 3 rings (SSSR count). The number of amides is 1. The van der Waals surface area contributed by atoms with Crippen molar-refractivity contribution in [2.75, 3.05) is 19.8 Å². The summed E-state index contributed by atoms with van der Waals surface area (Å²) in [5.74, 6) is 0.361. The molecule has 7 heteroatoms. The molecule has 0 fully saturated rings. The monoisotopic (exact) mass is 387 g/mol. The van der Waals surface area contributed by atoms with Crippen LogP contribution in [0, 0.1) is 0 Å². The number of furan rings is 1. The molecule has 150 valence electrons. The zero-order valence-corrected chi connectivity index (χ0v) is 16.4.